The number of aromatic nitrogens is 1. The van der Waals surface area contributed by atoms with Crippen LogP contribution in [0, 0.1) is 6.92 Å². The molecule has 114 valence electrons. The number of sulfone groups is 1. The first-order valence-corrected chi connectivity index (χ1v) is 8.95. The average molecular weight is 313 g/mol. The Labute approximate surface area is 130 Å². The van der Waals surface area contributed by atoms with Crippen LogP contribution in [-0.2, 0) is 9.84 Å². The fourth-order valence-corrected chi connectivity index (χ4v) is 4.67. The maximum absolute atomic E-state index is 13.0. The molecule has 2 aromatic carbocycles. The summed E-state index contributed by atoms with van der Waals surface area (Å²) in [7, 11) is -3.40. The fraction of sp³-hybridized carbons (Fsp3) is 0.222. The van der Waals surface area contributed by atoms with Crippen LogP contribution in [0.2, 0.25) is 0 Å². The highest BCUT2D eigenvalue weighted by atomic mass is 32.2. The predicted molar refractivity (Wildman–Crippen MR) is 89.7 cm³/mol. The highest BCUT2D eigenvalue weighted by Crippen LogP contribution is 2.35. The predicted octanol–water partition coefficient (Wildman–Crippen LogP) is 4.40. The second-order valence-corrected chi connectivity index (χ2v) is 7.68. The molecule has 1 unspecified atom stereocenters. The number of hydrogen-bond donors (Lipinski definition) is 1. The lowest BCUT2D eigenvalue weighted by molar-refractivity contribution is 0.579. The molecular weight excluding hydrogens is 294 g/mol. The first-order chi connectivity index (χ1) is 10.5. The molecule has 3 aromatic rings. The van der Waals surface area contributed by atoms with E-state index in [0.29, 0.717) is 11.3 Å². The van der Waals surface area contributed by atoms with Crippen molar-refractivity contribution in [1.29, 1.82) is 0 Å². The number of H-pyrrole nitrogens is 1. The lowest BCUT2D eigenvalue weighted by Gasteiger charge is -2.16. The highest BCUT2D eigenvalue weighted by molar-refractivity contribution is 7.91. The van der Waals surface area contributed by atoms with E-state index in [1.165, 1.54) is 0 Å². The molecule has 22 heavy (non-hydrogen) atoms. The summed E-state index contributed by atoms with van der Waals surface area (Å²) in [6.45, 7) is 3.87. The summed E-state index contributed by atoms with van der Waals surface area (Å²) < 4.78 is 26.0. The molecule has 0 saturated carbocycles. The Kier molecular flexibility index (Phi) is 3.79. The van der Waals surface area contributed by atoms with Crippen molar-refractivity contribution in [2.75, 3.05) is 0 Å². The molecule has 0 spiro atoms. The van der Waals surface area contributed by atoms with E-state index in [-0.39, 0.29) is 0 Å². The topological polar surface area (TPSA) is 49.9 Å². The van der Waals surface area contributed by atoms with Gasteiger partial charge < -0.3 is 4.98 Å². The molecule has 1 N–H and O–H groups in total. The van der Waals surface area contributed by atoms with Crippen LogP contribution in [0.25, 0.3) is 10.9 Å². The average Bonchev–Trinajstić information content (AvgIpc) is 2.92. The number of hydrogen-bond acceptors (Lipinski definition) is 2. The number of fused-ring (bicyclic) bond motifs is 1. The van der Waals surface area contributed by atoms with Crippen molar-refractivity contribution in [3.8, 4) is 0 Å². The zero-order valence-electron chi connectivity index (χ0n) is 12.7. The van der Waals surface area contributed by atoms with Gasteiger partial charge in [-0.1, -0.05) is 42.8 Å². The van der Waals surface area contributed by atoms with Crippen LogP contribution >= 0.6 is 0 Å². The summed E-state index contributed by atoms with van der Waals surface area (Å²) in [5.74, 6) is 0. The third-order valence-corrected chi connectivity index (χ3v) is 6.33. The van der Waals surface area contributed by atoms with E-state index >= 15 is 0 Å². The second-order valence-electron chi connectivity index (χ2n) is 5.54. The smallest absolute Gasteiger partial charge is 0.185 e. The standard InChI is InChI=1S/C18H19NO2S/c1-3-18(16-12-19-17-7-5-4-6-15(16)17)22(20,21)14-10-8-13(2)9-11-14/h4-12,18-19H,3H2,1-2H3. The lowest BCUT2D eigenvalue weighted by atomic mass is 10.1. The highest BCUT2D eigenvalue weighted by Gasteiger charge is 2.29. The van der Waals surface area contributed by atoms with Crippen molar-refractivity contribution in [1.82, 2.24) is 4.98 Å². The molecule has 0 bridgehead atoms. The molecular formula is C18H19NO2S. The molecule has 0 radical (unpaired) electrons. The number of para-hydroxylation sites is 1. The van der Waals surface area contributed by atoms with E-state index in [2.05, 4.69) is 4.98 Å². The molecule has 1 aromatic heterocycles. The molecule has 3 nitrogen and oxygen atoms in total. The van der Waals surface area contributed by atoms with Crippen LogP contribution in [0.3, 0.4) is 0 Å². The minimum absolute atomic E-state index is 0.384. The Bertz CT molecular complexity index is 892. The number of benzene rings is 2. The molecule has 0 amide bonds. The summed E-state index contributed by atoms with van der Waals surface area (Å²) in [5.41, 5.74) is 2.87. The fourth-order valence-electron chi connectivity index (χ4n) is 2.86. The van der Waals surface area contributed by atoms with Gasteiger partial charge in [0.05, 0.1) is 10.1 Å². The molecule has 0 aliphatic carbocycles. The van der Waals surface area contributed by atoms with E-state index in [0.717, 1.165) is 22.0 Å². The summed E-state index contributed by atoms with van der Waals surface area (Å²) >= 11 is 0. The van der Waals surface area contributed by atoms with Crippen LogP contribution in [0.1, 0.15) is 29.7 Å². The van der Waals surface area contributed by atoms with Gasteiger partial charge in [-0.25, -0.2) is 8.42 Å². The number of aromatic amines is 1. The summed E-state index contributed by atoms with van der Waals surface area (Å²) in [4.78, 5) is 3.56. The van der Waals surface area contributed by atoms with Crippen LogP contribution in [-0.4, -0.2) is 13.4 Å². The maximum atomic E-state index is 13.0. The third-order valence-electron chi connectivity index (χ3n) is 4.06. The van der Waals surface area contributed by atoms with Gasteiger partial charge >= 0.3 is 0 Å². The van der Waals surface area contributed by atoms with E-state index < -0.39 is 15.1 Å². The lowest BCUT2D eigenvalue weighted by Crippen LogP contribution is -2.13. The summed E-state index contributed by atoms with van der Waals surface area (Å²) in [6, 6.07) is 14.9. The molecule has 0 aliphatic rings. The van der Waals surface area contributed by atoms with E-state index in [4.69, 9.17) is 0 Å². The zero-order valence-corrected chi connectivity index (χ0v) is 13.5. The van der Waals surface area contributed by atoms with Gasteiger partial charge in [0.15, 0.2) is 9.84 Å². The number of rotatable bonds is 4. The van der Waals surface area contributed by atoms with E-state index in [1.54, 1.807) is 12.1 Å². The van der Waals surface area contributed by atoms with Crippen molar-refractivity contribution in [2.24, 2.45) is 0 Å². The van der Waals surface area contributed by atoms with Gasteiger partial charge in [0.1, 0.15) is 0 Å². The Morgan fingerprint density at radius 1 is 1.05 bits per heavy atom. The summed E-state index contributed by atoms with van der Waals surface area (Å²) in [6.07, 6.45) is 2.36. The Morgan fingerprint density at radius 3 is 2.41 bits per heavy atom. The van der Waals surface area contributed by atoms with Gasteiger partial charge in [-0.3, -0.25) is 0 Å². The summed E-state index contributed by atoms with van der Waals surface area (Å²) in [5, 5.41) is 0.441. The van der Waals surface area contributed by atoms with Crippen molar-refractivity contribution in [3.63, 3.8) is 0 Å². The Hall–Kier alpha value is -2.07. The number of nitrogens with one attached hydrogen (secondary N) is 1. The van der Waals surface area contributed by atoms with Crippen LogP contribution in [0.15, 0.2) is 59.6 Å². The largest absolute Gasteiger partial charge is 0.361 e. The van der Waals surface area contributed by atoms with E-state index in [1.807, 2.05) is 56.4 Å². The molecule has 4 heteroatoms. The third kappa shape index (κ3) is 2.44. The van der Waals surface area contributed by atoms with Gasteiger partial charge in [0.2, 0.25) is 0 Å². The van der Waals surface area contributed by atoms with Crippen molar-refractivity contribution in [2.45, 2.75) is 30.4 Å². The minimum Gasteiger partial charge on any atom is -0.361 e. The molecule has 1 atom stereocenters. The Balaban J connectivity index is 2.12. The van der Waals surface area contributed by atoms with Gasteiger partial charge in [0.25, 0.3) is 0 Å². The molecule has 0 aliphatic heterocycles. The quantitative estimate of drug-likeness (QED) is 0.776. The maximum Gasteiger partial charge on any atom is 0.185 e. The normalized spacial score (nSPS) is 13.4. The molecule has 1 heterocycles. The first-order valence-electron chi connectivity index (χ1n) is 7.40. The van der Waals surface area contributed by atoms with E-state index in [9.17, 15) is 8.42 Å². The van der Waals surface area contributed by atoms with Crippen LogP contribution in [0.4, 0.5) is 0 Å². The van der Waals surface area contributed by atoms with Crippen molar-refractivity contribution < 1.29 is 8.42 Å². The minimum atomic E-state index is -3.40. The SMILES string of the molecule is CCC(c1c[nH]c2ccccc12)S(=O)(=O)c1ccc(C)cc1. The zero-order chi connectivity index (χ0) is 15.7. The van der Waals surface area contributed by atoms with Gasteiger partial charge in [-0.15, -0.1) is 0 Å². The van der Waals surface area contributed by atoms with Crippen LogP contribution in [0.5, 0.6) is 0 Å². The van der Waals surface area contributed by atoms with Gasteiger partial charge in [-0.05, 0) is 37.1 Å². The first kappa shape index (κ1) is 14.9. The van der Waals surface area contributed by atoms with Gasteiger partial charge in [-0.2, -0.15) is 0 Å². The van der Waals surface area contributed by atoms with Crippen molar-refractivity contribution >= 4 is 20.7 Å². The van der Waals surface area contributed by atoms with Crippen LogP contribution < -0.4 is 0 Å². The van der Waals surface area contributed by atoms with Crippen molar-refractivity contribution in [3.05, 3.63) is 65.9 Å². The number of aryl methyl sites for hydroxylation is 1. The molecule has 3 rings (SSSR count). The molecule has 0 saturated heterocycles. The monoisotopic (exact) mass is 313 g/mol. The second kappa shape index (κ2) is 5.61. The molecule has 0 fully saturated rings. The Morgan fingerprint density at radius 2 is 1.73 bits per heavy atom. The van der Waals surface area contributed by atoms with Gasteiger partial charge in [0, 0.05) is 17.1 Å².